The molecule has 5 atom stereocenters. The average molecular weight is 236 g/mol. The van der Waals surface area contributed by atoms with Gasteiger partial charge in [0, 0.05) is 12.1 Å². The van der Waals surface area contributed by atoms with E-state index in [1.807, 2.05) is 0 Å². The van der Waals surface area contributed by atoms with Gasteiger partial charge in [-0.1, -0.05) is 12.8 Å². The van der Waals surface area contributed by atoms with Crippen LogP contribution in [0.3, 0.4) is 0 Å². The third kappa shape index (κ3) is 2.22. The van der Waals surface area contributed by atoms with Crippen LogP contribution in [0, 0.1) is 23.7 Å². The molecule has 0 saturated heterocycles. The minimum absolute atomic E-state index is 0.107. The second-order valence-electron chi connectivity index (χ2n) is 6.53. The molecule has 0 spiro atoms. The Balaban J connectivity index is 1.54. The maximum atomic E-state index is 12.3. The van der Waals surface area contributed by atoms with Crippen molar-refractivity contribution in [3.05, 3.63) is 0 Å². The van der Waals surface area contributed by atoms with E-state index in [4.69, 9.17) is 5.73 Å². The number of nitrogens with one attached hydrogen (secondary N) is 1. The van der Waals surface area contributed by atoms with E-state index in [1.165, 1.54) is 32.1 Å². The summed E-state index contributed by atoms with van der Waals surface area (Å²) in [5.41, 5.74) is 6.19. The summed E-state index contributed by atoms with van der Waals surface area (Å²) in [6, 6.07) is 0.461. The maximum Gasteiger partial charge on any atom is 0.225 e. The zero-order valence-electron chi connectivity index (χ0n) is 10.7. The van der Waals surface area contributed by atoms with Crippen molar-refractivity contribution in [3.8, 4) is 0 Å². The van der Waals surface area contributed by atoms with Crippen molar-refractivity contribution in [2.24, 2.45) is 29.4 Å². The Labute approximate surface area is 104 Å². The van der Waals surface area contributed by atoms with E-state index in [1.54, 1.807) is 0 Å². The lowest BCUT2D eigenvalue weighted by Crippen LogP contribution is -2.47. The van der Waals surface area contributed by atoms with E-state index in [2.05, 4.69) is 12.2 Å². The van der Waals surface area contributed by atoms with Gasteiger partial charge in [0.2, 0.25) is 5.91 Å². The molecule has 0 aromatic rings. The molecule has 3 aliphatic carbocycles. The van der Waals surface area contributed by atoms with E-state index in [-0.39, 0.29) is 17.9 Å². The van der Waals surface area contributed by atoms with E-state index in [9.17, 15) is 4.79 Å². The fourth-order valence-corrected chi connectivity index (χ4v) is 3.98. The van der Waals surface area contributed by atoms with Crippen LogP contribution in [-0.2, 0) is 4.79 Å². The molecule has 0 radical (unpaired) electrons. The first-order valence-corrected chi connectivity index (χ1v) is 7.21. The first-order chi connectivity index (χ1) is 8.15. The van der Waals surface area contributed by atoms with Gasteiger partial charge >= 0.3 is 0 Å². The fraction of sp³-hybridized carbons (Fsp3) is 0.929. The molecular formula is C14H24N2O. The zero-order valence-corrected chi connectivity index (χ0v) is 10.7. The summed E-state index contributed by atoms with van der Waals surface area (Å²) in [4.78, 5) is 12.3. The van der Waals surface area contributed by atoms with Gasteiger partial charge in [0.15, 0.2) is 0 Å². The predicted molar refractivity (Wildman–Crippen MR) is 67.2 cm³/mol. The number of carbonyl (C=O) groups is 1. The van der Waals surface area contributed by atoms with Crippen molar-refractivity contribution >= 4 is 5.91 Å². The van der Waals surface area contributed by atoms with Gasteiger partial charge in [0.1, 0.15) is 0 Å². The van der Waals surface area contributed by atoms with Crippen molar-refractivity contribution < 1.29 is 4.79 Å². The largest absolute Gasteiger partial charge is 0.353 e. The van der Waals surface area contributed by atoms with E-state index >= 15 is 0 Å². The number of amides is 1. The molecule has 3 heteroatoms. The van der Waals surface area contributed by atoms with Crippen LogP contribution in [0.25, 0.3) is 0 Å². The van der Waals surface area contributed by atoms with Crippen LogP contribution >= 0.6 is 0 Å². The van der Waals surface area contributed by atoms with E-state index in [0.717, 1.165) is 12.3 Å². The molecular weight excluding hydrogens is 212 g/mol. The molecule has 3 saturated carbocycles. The molecule has 3 nitrogen and oxygen atoms in total. The lowest BCUT2D eigenvalue weighted by Gasteiger charge is -2.28. The van der Waals surface area contributed by atoms with Crippen molar-refractivity contribution in [2.75, 3.05) is 0 Å². The zero-order chi connectivity index (χ0) is 12.0. The number of carbonyl (C=O) groups excluding carboxylic acids is 1. The number of hydrogen-bond acceptors (Lipinski definition) is 2. The monoisotopic (exact) mass is 236 g/mol. The minimum Gasteiger partial charge on any atom is -0.353 e. The van der Waals surface area contributed by atoms with Gasteiger partial charge in [-0.3, -0.25) is 4.79 Å². The van der Waals surface area contributed by atoms with Gasteiger partial charge < -0.3 is 11.1 Å². The standard InChI is InChI=1S/C14H24N2O/c1-8(6-9-2-3-9)16-14(17)12-10-4-5-11(7-10)13(12)15/h8-13H,2-7,15H2,1H3,(H,16,17). The molecule has 3 rings (SSSR count). The highest BCUT2D eigenvalue weighted by Gasteiger charge is 2.49. The van der Waals surface area contributed by atoms with Crippen LogP contribution in [0.2, 0.25) is 0 Å². The molecule has 3 N–H and O–H groups in total. The highest BCUT2D eigenvalue weighted by molar-refractivity contribution is 5.80. The van der Waals surface area contributed by atoms with Crippen molar-refractivity contribution in [2.45, 2.75) is 57.5 Å². The van der Waals surface area contributed by atoms with E-state index in [0.29, 0.717) is 17.9 Å². The Morgan fingerprint density at radius 3 is 2.59 bits per heavy atom. The molecule has 0 aromatic heterocycles. The molecule has 0 heterocycles. The van der Waals surface area contributed by atoms with Gasteiger partial charge in [-0.25, -0.2) is 0 Å². The molecule has 5 unspecified atom stereocenters. The van der Waals surface area contributed by atoms with Crippen molar-refractivity contribution in [3.63, 3.8) is 0 Å². The molecule has 0 aliphatic heterocycles. The van der Waals surface area contributed by atoms with Gasteiger partial charge in [-0.05, 0) is 50.4 Å². The van der Waals surface area contributed by atoms with Crippen molar-refractivity contribution in [1.29, 1.82) is 0 Å². The first-order valence-electron chi connectivity index (χ1n) is 7.21. The summed E-state index contributed by atoms with van der Waals surface area (Å²) in [6.45, 7) is 2.13. The van der Waals surface area contributed by atoms with Crippen molar-refractivity contribution in [1.82, 2.24) is 5.32 Å². The number of nitrogens with two attached hydrogens (primary N) is 1. The Morgan fingerprint density at radius 1 is 1.29 bits per heavy atom. The smallest absolute Gasteiger partial charge is 0.225 e. The summed E-state index contributed by atoms with van der Waals surface area (Å²) in [5.74, 6) is 2.41. The predicted octanol–water partition coefficient (Wildman–Crippen LogP) is 1.66. The summed E-state index contributed by atoms with van der Waals surface area (Å²) >= 11 is 0. The van der Waals surface area contributed by atoms with Gasteiger partial charge in [0.05, 0.1) is 5.92 Å². The molecule has 1 amide bonds. The molecule has 3 aliphatic rings. The highest BCUT2D eigenvalue weighted by atomic mass is 16.2. The maximum absolute atomic E-state index is 12.3. The topological polar surface area (TPSA) is 55.1 Å². The van der Waals surface area contributed by atoms with Crippen LogP contribution < -0.4 is 11.1 Å². The second-order valence-corrected chi connectivity index (χ2v) is 6.53. The third-order valence-corrected chi connectivity index (χ3v) is 5.06. The van der Waals surface area contributed by atoms with Crippen LogP contribution in [0.1, 0.15) is 45.4 Å². The molecule has 3 fully saturated rings. The minimum atomic E-state index is 0.107. The number of rotatable bonds is 4. The summed E-state index contributed by atoms with van der Waals surface area (Å²) in [7, 11) is 0. The fourth-order valence-electron chi connectivity index (χ4n) is 3.98. The third-order valence-electron chi connectivity index (χ3n) is 5.06. The molecule has 0 aromatic carbocycles. The summed E-state index contributed by atoms with van der Waals surface area (Å²) in [6.07, 6.45) is 7.51. The average Bonchev–Trinajstić information content (AvgIpc) is 2.86. The molecule has 96 valence electrons. The highest BCUT2D eigenvalue weighted by Crippen LogP contribution is 2.47. The Hall–Kier alpha value is -0.570. The van der Waals surface area contributed by atoms with Crippen LogP contribution in [0.4, 0.5) is 0 Å². The molecule has 2 bridgehead atoms. The van der Waals surface area contributed by atoms with E-state index < -0.39 is 0 Å². The number of hydrogen-bond donors (Lipinski definition) is 2. The normalized spacial score (nSPS) is 41.5. The van der Waals surface area contributed by atoms with Gasteiger partial charge in [0.25, 0.3) is 0 Å². The van der Waals surface area contributed by atoms with Gasteiger partial charge in [-0.2, -0.15) is 0 Å². The Morgan fingerprint density at radius 2 is 2.00 bits per heavy atom. The molecule has 17 heavy (non-hydrogen) atoms. The second kappa shape index (κ2) is 4.27. The van der Waals surface area contributed by atoms with Crippen LogP contribution in [0.15, 0.2) is 0 Å². The van der Waals surface area contributed by atoms with Crippen LogP contribution in [-0.4, -0.2) is 18.0 Å². The first kappa shape index (κ1) is 11.5. The number of fused-ring (bicyclic) bond motifs is 2. The van der Waals surface area contributed by atoms with Gasteiger partial charge in [-0.15, -0.1) is 0 Å². The summed E-state index contributed by atoms with van der Waals surface area (Å²) in [5, 5.41) is 3.19. The quantitative estimate of drug-likeness (QED) is 0.780. The Kier molecular flexibility index (Phi) is 2.89. The summed E-state index contributed by atoms with van der Waals surface area (Å²) < 4.78 is 0. The van der Waals surface area contributed by atoms with Crippen LogP contribution in [0.5, 0.6) is 0 Å². The lowest BCUT2D eigenvalue weighted by atomic mass is 9.84. The SMILES string of the molecule is CC(CC1CC1)NC(=O)C1C2CCC(C2)C1N. The lowest BCUT2D eigenvalue weighted by molar-refractivity contribution is -0.127. The Bertz CT molecular complexity index is 311.